The van der Waals surface area contributed by atoms with E-state index in [-0.39, 0.29) is 11.4 Å². The zero-order valence-corrected chi connectivity index (χ0v) is 12.5. The van der Waals surface area contributed by atoms with Crippen molar-refractivity contribution in [2.45, 2.75) is 45.4 Å². The summed E-state index contributed by atoms with van der Waals surface area (Å²) in [6.45, 7) is 2.12. The zero-order chi connectivity index (χ0) is 15.0. The van der Waals surface area contributed by atoms with Crippen LogP contribution in [-0.2, 0) is 10.0 Å². The number of halogens is 2. The summed E-state index contributed by atoms with van der Waals surface area (Å²) in [6.07, 6.45) is 5.80. The van der Waals surface area contributed by atoms with Gasteiger partial charge in [-0.15, -0.1) is 0 Å². The van der Waals surface area contributed by atoms with Crippen molar-refractivity contribution in [3.8, 4) is 0 Å². The number of hydrogen-bond donors (Lipinski definition) is 1. The van der Waals surface area contributed by atoms with Crippen molar-refractivity contribution < 1.29 is 17.2 Å². The first-order valence-electron chi connectivity index (χ1n) is 6.90. The van der Waals surface area contributed by atoms with E-state index in [4.69, 9.17) is 0 Å². The number of benzene rings is 1. The molecule has 0 aliphatic carbocycles. The molecule has 20 heavy (non-hydrogen) atoms. The lowest BCUT2D eigenvalue weighted by Crippen LogP contribution is -2.17. The molecular formula is C14H21F2NO2S. The maximum absolute atomic E-state index is 13.3. The summed E-state index contributed by atoms with van der Waals surface area (Å²) in [4.78, 5) is 0. The number of nitrogens with one attached hydrogen (secondary N) is 1. The van der Waals surface area contributed by atoms with Crippen molar-refractivity contribution in [3.63, 3.8) is 0 Å². The normalized spacial score (nSPS) is 11.6. The minimum Gasteiger partial charge on any atom is -0.281 e. The molecule has 0 aromatic heterocycles. The Bertz CT molecular complexity index is 518. The van der Waals surface area contributed by atoms with Gasteiger partial charge in [-0.3, -0.25) is 4.72 Å². The van der Waals surface area contributed by atoms with Gasteiger partial charge < -0.3 is 0 Å². The average molecular weight is 305 g/mol. The van der Waals surface area contributed by atoms with Gasteiger partial charge >= 0.3 is 0 Å². The summed E-state index contributed by atoms with van der Waals surface area (Å²) in [5.74, 6) is -1.69. The van der Waals surface area contributed by atoms with Crippen molar-refractivity contribution in [1.82, 2.24) is 0 Å². The Morgan fingerprint density at radius 1 is 1.05 bits per heavy atom. The van der Waals surface area contributed by atoms with Gasteiger partial charge in [0.1, 0.15) is 11.6 Å². The lowest BCUT2D eigenvalue weighted by molar-refractivity contribution is 0.579. The molecule has 1 N–H and O–H groups in total. The summed E-state index contributed by atoms with van der Waals surface area (Å²) in [7, 11) is -3.58. The van der Waals surface area contributed by atoms with Gasteiger partial charge in [0.15, 0.2) is 0 Å². The van der Waals surface area contributed by atoms with Crippen molar-refractivity contribution in [2.75, 3.05) is 10.5 Å². The predicted octanol–water partition coefficient (Wildman–Crippen LogP) is 4.07. The molecule has 0 saturated heterocycles. The van der Waals surface area contributed by atoms with Gasteiger partial charge in [-0.25, -0.2) is 17.2 Å². The first-order chi connectivity index (χ1) is 9.44. The molecule has 0 fully saturated rings. The van der Waals surface area contributed by atoms with Crippen LogP contribution < -0.4 is 4.72 Å². The van der Waals surface area contributed by atoms with E-state index >= 15 is 0 Å². The van der Waals surface area contributed by atoms with Crippen LogP contribution in [0.25, 0.3) is 0 Å². The Labute approximate surface area is 119 Å². The Hall–Kier alpha value is -1.17. The minimum atomic E-state index is -3.58. The third kappa shape index (κ3) is 6.32. The van der Waals surface area contributed by atoms with E-state index in [1.807, 2.05) is 0 Å². The van der Waals surface area contributed by atoms with Crippen LogP contribution in [0.4, 0.5) is 14.5 Å². The summed E-state index contributed by atoms with van der Waals surface area (Å²) in [5, 5.41) is 0. The molecule has 0 radical (unpaired) electrons. The molecule has 0 aliphatic rings. The molecule has 0 saturated carbocycles. The largest absolute Gasteiger partial charge is 0.281 e. The fourth-order valence-electron chi connectivity index (χ4n) is 1.86. The first kappa shape index (κ1) is 16.9. The molecule has 0 spiro atoms. The Kier molecular flexibility index (Phi) is 6.91. The molecule has 0 amide bonds. The molecule has 1 rings (SSSR count). The highest BCUT2D eigenvalue weighted by atomic mass is 32.2. The van der Waals surface area contributed by atoms with Gasteiger partial charge in [0.05, 0.1) is 11.4 Å². The van der Waals surface area contributed by atoms with E-state index in [1.54, 1.807) is 0 Å². The summed E-state index contributed by atoms with van der Waals surface area (Å²) < 4.78 is 51.7. The van der Waals surface area contributed by atoms with Crippen molar-refractivity contribution in [1.29, 1.82) is 0 Å². The Balaban J connectivity index is 2.41. The zero-order valence-electron chi connectivity index (χ0n) is 11.7. The third-order valence-corrected chi connectivity index (χ3v) is 4.32. The Morgan fingerprint density at radius 2 is 1.70 bits per heavy atom. The predicted molar refractivity (Wildman–Crippen MR) is 77.1 cm³/mol. The van der Waals surface area contributed by atoms with E-state index in [0.717, 1.165) is 44.2 Å². The average Bonchev–Trinajstić information content (AvgIpc) is 2.37. The van der Waals surface area contributed by atoms with E-state index in [9.17, 15) is 17.2 Å². The van der Waals surface area contributed by atoms with Crippen molar-refractivity contribution in [2.24, 2.45) is 0 Å². The molecule has 6 heteroatoms. The molecule has 114 valence electrons. The van der Waals surface area contributed by atoms with Crippen LogP contribution in [0.3, 0.4) is 0 Å². The monoisotopic (exact) mass is 305 g/mol. The highest BCUT2D eigenvalue weighted by molar-refractivity contribution is 7.92. The highest BCUT2D eigenvalue weighted by Gasteiger charge is 2.13. The lowest BCUT2D eigenvalue weighted by Gasteiger charge is -2.08. The summed E-state index contributed by atoms with van der Waals surface area (Å²) in [6, 6.07) is 2.76. The third-order valence-electron chi connectivity index (χ3n) is 2.96. The van der Waals surface area contributed by atoms with Gasteiger partial charge in [-0.1, -0.05) is 39.0 Å². The first-order valence-corrected chi connectivity index (χ1v) is 8.55. The number of sulfonamides is 1. The molecule has 0 unspecified atom stereocenters. The van der Waals surface area contributed by atoms with Crippen LogP contribution in [0, 0.1) is 11.6 Å². The second kappa shape index (κ2) is 8.19. The minimum absolute atomic E-state index is 0.0457. The quantitative estimate of drug-likeness (QED) is 0.699. The van der Waals surface area contributed by atoms with Crippen LogP contribution in [0.2, 0.25) is 0 Å². The second-order valence-corrected chi connectivity index (χ2v) is 6.65. The standard InChI is InChI=1S/C14H21F2NO2S/c1-2-3-4-5-6-7-10-20(18,19)17-14-9-8-12(15)11-13(14)16/h8-9,11,17H,2-7,10H2,1H3. The fourth-order valence-corrected chi connectivity index (χ4v) is 3.05. The number of rotatable bonds is 9. The van der Waals surface area contributed by atoms with Gasteiger partial charge in [0.2, 0.25) is 10.0 Å². The maximum Gasteiger partial charge on any atom is 0.232 e. The Morgan fingerprint density at radius 3 is 2.35 bits per heavy atom. The van der Waals surface area contributed by atoms with Crippen LogP contribution in [-0.4, -0.2) is 14.2 Å². The van der Waals surface area contributed by atoms with E-state index in [1.165, 1.54) is 0 Å². The maximum atomic E-state index is 13.3. The van der Waals surface area contributed by atoms with E-state index < -0.39 is 21.7 Å². The molecule has 0 heterocycles. The van der Waals surface area contributed by atoms with Crippen molar-refractivity contribution in [3.05, 3.63) is 29.8 Å². The van der Waals surface area contributed by atoms with Gasteiger partial charge in [-0.05, 0) is 18.6 Å². The van der Waals surface area contributed by atoms with E-state index in [2.05, 4.69) is 11.6 Å². The van der Waals surface area contributed by atoms with E-state index in [0.29, 0.717) is 12.5 Å². The van der Waals surface area contributed by atoms with Gasteiger partial charge in [0, 0.05) is 6.07 Å². The number of anilines is 1. The van der Waals surface area contributed by atoms with Gasteiger partial charge in [0.25, 0.3) is 0 Å². The summed E-state index contributed by atoms with van der Waals surface area (Å²) in [5.41, 5.74) is -0.211. The highest BCUT2D eigenvalue weighted by Crippen LogP contribution is 2.17. The van der Waals surface area contributed by atoms with Crippen LogP contribution in [0.15, 0.2) is 18.2 Å². The fraction of sp³-hybridized carbons (Fsp3) is 0.571. The smallest absolute Gasteiger partial charge is 0.232 e. The van der Waals surface area contributed by atoms with Crippen LogP contribution >= 0.6 is 0 Å². The molecule has 0 atom stereocenters. The molecule has 1 aromatic carbocycles. The SMILES string of the molecule is CCCCCCCCS(=O)(=O)Nc1ccc(F)cc1F. The number of hydrogen-bond acceptors (Lipinski definition) is 2. The van der Waals surface area contributed by atoms with Gasteiger partial charge in [-0.2, -0.15) is 0 Å². The topological polar surface area (TPSA) is 46.2 Å². The molecule has 1 aromatic rings. The molecule has 3 nitrogen and oxygen atoms in total. The molecule has 0 aliphatic heterocycles. The van der Waals surface area contributed by atoms with Crippen molar-refractivity contribution >= 4 is 15.7 Å². The molecule has 0 bridgehead atoms. The molecular weight excluding hydrogens is 284 g/mol. The van der Waals surface area contributed by atoms with Crippen LogP contribution in [0.5, 0.6) is 0 Å². The van der Waals surface area contributed by atoms with Crippen LogP contribution in [0.1, 0.15) is 45.4 Å². The second-order valence-electron chi connectivity index (χ2n) is 4.81. The lowest BCUT2D eigenvalue weighted by atomic mass is 10.1. The number of unbranched alkanes of at least 4 members (excludes halogenated alkanes) is 5. The summed E-state index contributed by atoms with van der Waals surface area (Å²) >= 11 is 0.